The molecule has 0 saturated carbocycles. The third-order valence-corrected chi connectivity index (χ3v) is 6.29. The smallest absolute Gasteiger partial charge is 0.870 e. The molecule has 0 aromatic heterocycles. The summed E-state index contributed by atoms with van der Waals surface area (Å²) in [7, 11) is -4.32. The number of hydrogen-bond donors (Lipinski definition) is 1. The molecule has 0 fully saturated rings. The molecule has 0 aliphatic rings. The van der Waals surface area contributed by atoms with Crippen molar-refractivity contribution in [1.29, 1.82) is 0 Å². The summed E-state index contributed by atoms with van der Waals surface area (Å²) in [5.41, 5.74) is 0.708. The second-order valence-electron chi connectivity index (χ2n) is 8.08. The van der Waals surface area contributed by atoms with Gasteiger partial charge in [-0.05, 0) is 31.0 Å². The van der Waals surface area contributed by atoms with Gasteiger partial charge in [-0.15, -0.1) is 0 Å². The zero-order valence-electron chi connectivity index (χ0n) is 19.5. The molecule has 2 aromatic rings. The summed E-state index contributed by atoms with van der Waals surface area (Å²) < 4.78 is 37.3. The Bertz CT molecular complexity index is 899. The van der Waals surface area contributed by atoms with Crippen LogP contribution in [0.15, 0.2) is 47.4 Å². The molecule has 1 N–H and O–H groups in total. The van der Waals surface area contributed by atoms with Crippen LogP contribution in [0.2, 0.25) is 0 Å². The minimum atomic E-state index is -4.32. The summed E-state index contributed by atoms with van der Waals surface area (Å²) in [6, 6.07) is 10.6. The van der Waals surface area contributed by atoms with Crippen molar-refractivity contribution in [1.82, 2.24) is 0 Å². The van der Waals surface area contributed by atoms with Crippen LogP contribution in [0.3, 0.4) is 0 Å². The van der Waals surface area contributed by atoms with Crippen LogP contribution in [0.5, 0.6) is 17.2 Å². The van der Waals surface area contributed by atoms with Gasteiger partial charge in [0.2, 0.25) is 0 Å². The van der Waals surface area contributed by atoms with Gasteiger partial charge in [-0.1, -0.05) is 101 Å². The van der Waals surface area contributed by atoms with Crippen molar-refractivity contribution in [3.63, 3.8) is 0 Å². The van der Waals surface area contributed by atoms with Gasteiger partial charge in [0.1, 0.15) is 11.5 Å². The topological polar surface area (TPSA) is 86.7 Å². The van der Waals surface area contributed by atoms with Gasteiger partial charge >= 0.3 is 51.4 Å². The van der Waals surface area contributed by atoms with E-state index >= 15 is 0 Å². The normalized spacial score (nSPS) is 11.2. The van der Waals surface area contributed by atoms with E-state index in [1.807, 2.05) is 6.07 Å². The number of aryl methyl sites for hydroxylation is 1. The van der Waals surface area contributed by atoms with Crippen LogP contribution in [-0.2, 0) is 16.5 Å². The minimum absolute atomic E-state index is 0. The van der Waals surface area contributed by atoms with E-state index in [0.29, 0.717) is 12.0 Å². The maximum Gasteiger partial charge on any atom is 1.00 e. The van der Waals surface area contributed by atoms with E-state index in [-0.39, 0.29) is 73.5 Å². The molecule has 0 bridgehead atoms. The van der Waals surface area contributed by atoms with Crippen molar-refractivity contribution in [3.05, 3.63) is 48.0 Å². The zero-order valence-corrected chi connectivity index (χ0v) is 23.5. The van der Waals surface area contributed by atoms with Crippen LogP contribution in [0.1, 0.15) is 83.1 Å². The maximum atomic E-state index is 12.7. The van der Waals surface area contributed by atoms with Crippen LogP contribution >= 0.6 is 0 Å². The molecule has 0 aliphatic heterocycles. The van der Waals surface area contributed by atoms with E-state index in [9.17, 15) is 13.5 Å². The van der Waals surface area contributed by atoms with Crippen molar-refractivity contribution >= 4 is 10.1 Å². The average Bonchev–Trinajstić information content (AvgIpc) is 2.74. The van der Waals surface area contributed by atoms with E-state index in [4.69, 9.17) is 9.29 Å². The van der Waals surface area contributed by atoms with Gasteiger partial charge in [-0.25, -0.2) is 0 Å². The van der Waals surface area contributed by atoms with Gasteiger partial charge in [0.15, 0.2) is 0 Å². The summed E-state index contributed by atoms with van der Waals surface area (Å²) in [4.78, 5) is -0.269. The predicted octanol–water partition coefficient (Wildman–Crippen LogP) is 3.66. The summed E-state index contributed by atoms with van der Waals surface area (Å²) in [5, 5.41) is 12.7. The fourth-order valence-electron chi connectivity index (χ4n) is 3.64. The van der Waals surface area contributed by atoms with Crippen LogP contribution < -0.4 is 61.2 Å². The molecule has 0 unspecified atom stereocenters. The summed E-state index contributed by atoms with van der Waals surface area (Å²) in [5.74, 6) is 0.180. The Labute approximate surface area is 236 Å². The zero-order chi connectivity index (χ0) is 22.5. The quantitative estimate of drug-likeness (QED) is 0.236. The van der Waals surface area contributed by atoms with E-state index in [2.05, 4.69) is 6.92 Å². The number of ether oxygens (including phenoxy) is 1. The van der Waals surface area contributed by atoms with Crippen molar-refractivity contribution in [2.75, 3.05) is 0 Å². The van der Waals surface area contributed by atoms with E-state index in [1.165, 1.54) is 76.0 Å². The second-order valence-corrected chi connectivity index (χ2v) is 9.50. The first-order valence-electron chi connectivity index (χ1n) is 11.5. The van der Waals surface area contributed by atoms with Crippen LogP contribution in [0.25, 0.3) is 0 Å². The Morgan fingerprint density at radius 3 is 2.00 bits per heavy atom. The minimum Gasteiger partial charge on any atom is -0.870 e. The molecule has 0 amide bonds. The first-order chi connectivity index (χ1) is 14.9. The average molecular weight is 487 g/mol. The van der Waals surface area contributed by atoms with Gasteiger partial charge in [0, 0.05) is 6.07 Å². The van der Waals surface area contributed by atoms with E-state index < -0.39 is 10.1 Å². The number of para-hydroxylation sites is 1. The largest absolute Gasteiger partial charge is 1.00 e. The molecule has 2 aromatic carbocycles. The first kappa shape index (κ1) is 29.6. The molecule has 0 heterocycles. The number of benzene rings is 2. The van der Waals surface area contributed by atoms with Crippen LogP contribution in [-0.4, -0.2) is 13.0 Å². The van der Waals surface area contributed by atoms with Crippen LogP contribution in [0, 0.1) is 0 Å². The molecular formula is C25H35KO5S. The Hall–Kier alpha value is -0.414. The fraction of sp³-hybridized carbons (Fsp3) is 0.520. The van der Waals surface area contributed by atoms with Gasteiger partial charge in [-0.2, -0.15) is 8.42 Å². The van der Waals surface area contributed by atoms with E-state index in [0.717, 1.165) is 12.8 Å². The third-order valence-electron chi connectivity index (χ3n) is 5.44. The summed E-state index contributed by atoms with van der Waals surface area (Å²) in [6.07, 6.45) is 14.6. The Morgan fingerprint density at radius 2 is 1.41 bits per heavy atom. The predicted molar refractivity (Wildman–Crippen MR) is 122 cm³/mol. The molecule has 5 nitrogen and oxygen atoms in total. The Morgan fingerprint density at radius 1 is 0.844 bits per heavy atom. The first-order valence-corrected chi connectivity index (χ1v) is 12.9. The molecule has 0 spiro atoms. The summed E-state index contributed by atoms with van der Waals surface area (Å²) >= 11 is 0. The van der Waals surface area contributed by atoms with Crippen molar-refractivity contribution < 1.29 is 74.2 Å². The monoisotopic (exact) mass is 486 g/mol. The molecule has 7 heteroatoms. The Kier molecular flexibility index (Phi) is 15.0. The van der Waals surface area contributed by atoms with Crippen molar-refractivity contribution in [2.24, 2.45) is 0 Å². The van der Waals surface area contributed by atoms with Crippen molar-refractivity contribution in [3.8, 4) is 17.2 Å². The van der Waals surface area contributed by atoms with Gasteiger partial charge < -0.3 is 9.84 Å². The molecule has 0 aliphatic carbocycles. The number of rotatable bonds is 15. The number of unbranched alkanes of at least 4 members (excludes halogenated alkanes) is 10. The van der Waals surface area contributed by atoms with Gasteiger partial charge in [-0.3, -0.25) is 4.55 Å². The number of hydrogen-bond acceptors (Lipinski definition) is 4. The molecule has 172 valence electrons. The second kappa shape index (κ2) is 16.3. The van der Waals surface area contributed by atoms with Crippen molar-refractivity contribution in [2.45, 2.75) is 88.9 Å². The summed E-state index contributed by atoms with van der Waals surface area (Å²) in [6.45, 7) is 2.24. The Balaban J connectivity index is 0.00000512. The molecule has 0 radical (unpaired) electrons. The van der Waals surface area contributed by atoms with E-state index in [1.54, 1.807) is 18.2 Å². The molecule has 0 atom stereocenters. The maximum absolute atomic E-state index is 12.7. The van der Waals surface area contributed by atoms with Gasteiger partial charge in [0.25, 0.3) is 10.1 Å². The molecule has 32 heavy (non-hydrogen) atoms. The molecule has 0 saturated heterocycles. The third kappa shape index (κ3) is 11.1. The fourth-order valence-corrected chi connectivity index (χ4v) is 4.16. The molecule has 2 rings (SSSR count). The standard InChI is InChI=1S/C25H36O5S.K/c1-2-3-4-5-6-7-8-9-10-11-12-15-21-16-13-19-24(25(21)26)30-22-17-14-18-23(20-22)31(27,28)29;/h13-14,16-20,26H,2-12,15H2,1H3,(H,27,28,29);/q;+1/p-1. The van der Waals surface area contributed by atoms with Crippen LogP contribution in [0.4, 0.5) is 0 Å². The molecular weight excluding hydrogens is 451 g/mol. The SMILES string of the molecule is CCCCCCCCCCCCCc1cccc(Oc2cccc(S(=O)(=O)O)c2)c1[O-].[K+]. The van der Waals surface area contributed by atoms with Gasteiger partial charge in [0.05, 0.1) is 4.90 Å².